The average molecular weight is 308 g/mol. The van der Waals surface area contributed by atoms with Gasteiger partial charge < -0.3 is 5.32 Å². The van der Waals surface area contributed by atoms with Crippen molar-refractivity contribution in [3.63, 3.8) is 0 Å². The Morgan fingerprint density at radius 1 is 1.11 bits per heavy atom. The van der Waals surface area contributed by atoms with E-state index in [2.05, 4.69) is 27.3 Å². The van der Waals surface area contributed by atoms with E-state index in [1.807, 2.05) is 32.0 Å². The van der Waals surface area contributed by atoms with Crippen molar-refractivity contribution in [2.24, 2.45) is 0 Å². The molecule has 0 heterocycles. The monoisotopic (exact) mass is 307 g/mol. The van der Waals surface area contributed by atoms with Crippen LogP contribution in [0.15, 0.2) is 40.9 Å². The fourth-order valence-corrected chi connectivity index (χ4v) is 2.11. The highest BCUT2D eigenvalue weighted by Crippen LogP contribution is 2.21. The van der Waals surface area contributed by atoms with Gasteiger partial charge in [-0.25, -0.2) is 4.39 Å². The molecule has 0 aliphatic rings. The van der Waals surface area contributed by atoms with E-state index in [-0.39, 0.29) is 5.82 Å². The van der Waals surface area contributed by atoms with Crippen LogP contribution < -0.4 is 5.32 Å². The number of hydrogen-bond acceptors (Lipinski definition) is 1. The van der Waals surface area contributed by atoms with E-state index in [4.69, 9.17) is 0 Å². The third-order valence-electron chi connectivity index (χ3n) is 2.91. The predicted molar refractivity (Wildman–Crippen MR) is 77.3 cm³/mol. The van der Waals surface area contributed by atoms with Gasteiger partial charge in [0.15, 0.2) is 0 Å². The Morgan fingerprint density at radius 3 is 2.56 bits per heavy atom. The molecule has 0 aliphatic carbocycles. The molecule has 2 aromatic rings. The van der Waals surface area contributed by atoms with E-state index in [0.29, 0.717) is 12.2 Å². The molecule has 0 aromatic heterocycles. The summed E-state index contributed by atoms with van der Waals surface area (Å²) in [7, 11) is 0. The molecular weight excluding hydrogens is 293 g/mol. The molecule has 94 valence electrons. The number of para-hydroxylation sites is 1. The second-order valence-electron chi connectivity index (χ2n) is 4.37. The normalized spacial score (nSPS) is 10.4. The van der Waals surface area contributed by atoms with Crippen LogP contribution in [0.2, 0.25) is 0 Å². The Morgan fingerprint density at radius 2 is 1.89 bits per heavy atom. The highest BCUT2D eigenvalue weighted by atomic mass is 79.9. The maximum absolute atomic E-state index is 13.6. The van der Waals surface area contributed by atoms with Crippen LogP contribution >= 0.6 is 15.9 Å². The minimum atomic E-state index is -0.205. The second-order valence-corrected chi connectivity index (χ2v) is 5.22. The molecule has 0 radical (unpaired) electrons. The van der Waals surface area contributed by atoms with Gasteiger partial charge in [-0.15, -0.1) is 0 Å². The molecule has 0 saturated heterocycles. The zero-order chi connectivity index (χ0) is 13.1. The molecule has 18 heavy (non-hydrogen) atoms. The van der Waals surface area contributed by atoms with E-state index in [1.165, 1.54) is 11.6 Å². The van der Waals surface area contributed by atoms with Gasteiger partial charge in [0, 0.05) is 11.0 Å². The fraction of sp³-hybridized carbons (Fsp3) is 0.200. The summed E-state index contributed by atoms with van der Waals surface area (Å²) in [5, 5.41) is 3.15. The average Bonchev–Trinajstić information content (AvgIpc) is 2.33. The SMILES string of the molecule is Cc1cc(CNc2c(C)cccc2F)ccc1Br. The maximum atomic E-state index is 13.6. The first-order valence-corrected chi connectivity index (χ1v) is 6.61. The lowest BCUT2D eigenvalue weighted by Gasteiger charge is -2.11. The van der Waals surface area contributed by atoms with Gasteiger partial charge in [0.1, 0.15) is 5.82 Å². The molecule has 2 rings (SSSR count). The third kappa shape index (κ3) is 2.91. The standard InChI is InChI=1S/C15H15BrFN/c1-10-4-3-5-14(17)15(10)18-9-12-6-7-13(16)11(2)8-12/h3-8,18H,9H2,1-2H3. The van der Waals surface area contributed by atoms with Gasteiger partial charge in [-0.05, 0) is 42.7 Å². The summed E-state index contributed by atoms with van der Waals surface area (Å²) in [6.45, 7) is 4.57. The Balaban J connectivity index is 2.14. The number of halogens is 2. The van der Waals surface area contributed by atoms with Crippen molar-refractivity contribution in [2.75, 3.05) is 5.32 Å². The maximum Gasteiger partial charge on any atom is 0.146 e. The van der Waals surface area contributed by atoms with Crippen LogP contribution in [-0.2, 0) is 6.54 Å². The summed E-state index contributed by atoms with van der Waals surface area (Å²) in [4.78, 5) is 0. The van der Waals surface area contributed by atoms with Crippen LogP contribution in [0.1, 0.15) is 16.7 Å². The molecular formula is C15H15BrFN. The summed E-state index contributed by atoms with van der Waals surface area (Å²) >= 11 is 3.47. The quantitative estimate of drug-likeness (QED) is 0.857. The Bertz CT molecular complexity index is 546. The van der Waals surface area contributed by atoms with Crippen molar-refractivity contribution in [2.45, 2.75) is 20.4 Å². The van der Waals surface area contributed by atoms with Crippen molar-refractivity contribution in [3.8, 4) is 0 Å². The van der Waals surface area contributed by atoms with E-state index in [1.54, 1.807) is 6.07 Å². The molecule has 0 amide bonds. The van der Waals surface area contributed by atoms with Crippen LogP contribution in [0.5, 0.6) is 0 Å². The number of benzene rings is 2. The zero-order valence-corrected chi connectivity index (χ0v) is 12.0. The molecule has 0 saturated carbocycles. The Kier molecular flexibility index (Phi) is 4.02. The fourth-order valence-electron chi connectivity index (χ4n) is 1.86. The molecule has 3 heteroatoms. The van der Waals surface area contributed by atoms with Gasteiger partial charge in [-0.2, -0.15) is 0 Å². The smallest absolute Gasteiger partial charge is 0.146 e. The van der Waals surface area contributed by atoms with Crippen molar-refractivity contribution >= 4 is 21.6 Å². The van der Waals surface area contributed by atoms with Gasteiger partial charge in [0.25, 0.3) is 0 Å². The third-order valence-corrected chi connectivity index (χ3v) is 3.80. The first-order valence-electron chi connectivity index (χ1n) is 5.82. The molecule has 0 fully saturated rings. The largest absolute Gasteiger partial charge is 0.378 e. The lowest BCUT2D eigenvalue weighted by molar-refractivity contribution is 0.629. The lowest BCUT2D eigenvalue weighted by Crippen LogP contribution is -2.03. The van der Waals surface area contributed by atoms with Gasteiger partial charge in [-0.1, -0.05) is 40.2 Å². The minimum Gasteiger partial charge on any atom is -0.378 e. The zero-order valence-electron chi connectivity index (χ0n) is 10.4. The number of nitrogens with one attached hydrogen (secondary N) is 1. The van der Waals surface area contributed by atoms with Crippen molar-refractivity contribution in [3.05, 3.63) is 63.4 Å². The summed E-state index contributed by atoms with van der Waals surface area (Å²) in [5.74, 6) is -0.205. The number of hydrogen-bond donors (Lipinski definition) is 1. The molecule has 0 atom stereocenters. The van der Waals surface area contributed by atoms with Crippen molar-refractivity contribution < 1.29 is 4.39 Å². The Labute approximate surface area is 115 Å². The second kappa shape index (κ2) is 5.53. The number of anilines is 1. The summed E-state index contributed by atoms with van der Waals surface area (Å²) in [6, 6.07) is 11.2. The molecule has 1 N–H and O–H groups in total. The van der Waals surface area contributed by atoms with Gasteiger partial charge in [0.05, 0.1) is 5.69 Å². The topological polar surface area (TPSA) is 12.0 Å². The number of rotatable bonds is 3. The molecule has 0 unspecified atom stereocenters. The van der Waals surface area contributed by atoms with Crippen LogP contribution in [0.3, 0.4) is 0 Å². The van der Waals surface area contributed by atoms with E-state index < -0.39 is 0 Å². The summed E-state index contributed by atoms with van der Waals surface area (Å²) in [5.41, 5.74) is 3.82. The van der Waals surface area contributed by atoms with Crippen molar-refractivity contribution in [1.29, 1.82) is 0 Å². The lowest BCUT2D eigenvalue weighted by atomic mass is 10.1. The van der Waals surface area contributed by atoms with E-state index in [0.717, 1.165) is 15.6 Å². The minimum absolute atomic E-state index is 0.205. The van der Waals surface area contributed by atoms with Gasteiger partial charge in [-0.3, -0.25) is 0 Å². The van der Waals surface area contributed by atoms with Gasteiger partial charge in [0.2, 0.25) is 0 Å². The first kappa shape index (κ1) is 13.1. The molecule has 0 bridgehead atoms. The predicted octanol–water partition coefficient (Wildman–Crippen LogP) is 4.82. The Hall–Kier alpha value is -1.35. The summed E-state index contributed by atoms with van der Waals surface area (Å²) in [6.07, 6.45) is 0. The van der Waals surface area contributed by atoms with E-state index in [9.17, 15) is 4.39 Å². The highest BCUT2D eigenvalue weighted by Gasteiger charge is 2.04. The number of aryl methyl sites for hydroxylation is 2. The highest BCUT2D eigenvalue weighted by molar-refractivity contribution is 9.10. The molecule has 0 aliphatic heterocycles. The van der Waals surface area contributed by atoms with Crippen LogP contribution in [-0.4, -0.2) is 0 Å². The molecule has 2 aromatic carbocycles. The van der Waals surface area contributed by atoms with Gasteiger partial charge >= 0.3 is 0 Å². The van der Waals surface area contributed by atoms with E-state index >= 15 is 0 Å². The molecule has 1 nitrogen and oxygen atoms in total. The first-order chi connectivity index (χ1) is 8.58. The molecule has 0 spiro atoms. The summed E-state index contributed by atoms with van der Waals surface area (Å²) < 4.78 is 14.7. The van der Waals surface area contributed by atoms with Crippen LogP contribution in [0.4, 0.5) is 10.1 Å². The van der Waals surface area contributed by atoms with Crippen LogP contribution in [0.25, 0.3) is 0 Å². The van der Waals surface area contributed by atoms with Crippen molar-refractivity contribution in [1.82, 2.24) is 0 Å². The van der Waals surface area contributed by atoms with Crippen LogP contribution in [0, 0.1) is 19.7 Å².